The minimum absolute atomic E-state index is 0.303. The lowest BCUT2D eigenvalue weighted by Crippen LogP contribution is -2.34. The fourth-order valence-electron chi connectivity index (χ4n) is 3.17. The first-order valence-electron chi connectivity index (χ1n) is 7.13. The molecule has 0 spiro atoms. The maximum absolute atomic E-state index is 6.31. The summed E-state index contributed by atoms with van der Waals surface area (Å²) in [6.45, 7) is 4.32. The fourth-order valence-corrected chi connectivity index (χ4v) is 3.36. The summed E-state index contributed by atoms with van der Waals surface area (Å²) in [6.07, 6.45) is 6.30. The van der Waals surface area contributed by atoms with E-state index in [0.717, 1.165) is 22.9 Å². The van der Waals surface area contributed by atoms with E-state index in [1.807, 2.05) is 6.92 Å². The SMILES string of the molecule is CCCC1CCC(N)C(c2ccc(C)c(Cl)c2)C1. The molecule has 2 rings (SSSR count). The second-order valence-electron chi connectivity index (χ2n) is 5.75. The average Bonchev–Trinajstić information content (AvgIpc) is 2.35. The lowest BCUT2D eigenvalue weighted by Gasteiger charge is -2.34. The highest BCUT2D eigenvalue weighted by molar-refractivity contribution is 6.31. The van der Waals surface area contributed by atoms with E-state index in [4.69, 9.17) is 17.3 Å². The minimum atomic E-state index is 0.303. The van der Waals surface area contributed by atoms with Gasteiger partial charge in [-0.1, -0.05) is 43.5 Å². The quantitative estimate of drug-likeness (QED) is 0.845. The van der Waals surface area contributed by atoms with Crippen molar-refractivity contribution in [1.29, 1.82) is 0 Å². The predicted molar refractivity (Wildman–Crippen MR) is 79.2 cm³/mol. The summed E-state index contributed by atoms with van der Waals surface area (Å²) in [5.74, 6) is 1.34. The molecule has 1 aliphatic rings. The molecule has 1 aromatic rings. The van der Waals surface area contributed by atoms with Crippen LogP contribution < -0.4 is 5.73 Å². The summed E-state index contributed by atoms with van der Waals surface area (Å²) in [5, 5.41) is 0.873. The van der Waals surface area contributed by atoms with Crippen molar-refractivity contribution in [2.24, 2.45) is 11.7 Å². The Morgan fingerprint density at radius 2 is 2.11 bits per heavy atom. The summed E-state index contributed by atoms with van der Waals surface area (Å²) in [5.41, 5.74) is 8.79. The lowest BCUT2D eigenvalue weighted by molar-refractivity contribution is 0.274. The van der Waals surface area contributed by atoms with Crippen molar-refractivity contribution in [3.05, 3.63) is 34.3 Å². The minimum Gasteiger partial charge on any atom is -0.327 e. The average molecular weight is 266 g/mol. The van der Waals surface area contributed by atoms with Crippen LogP contribution in [0.4, 0.5) is 0 Å². The van der Waals surface area contributed by atoms with E-state index in [1.165, 1.54) is 31.2 Å². The molecule has 0 aliphatic heterocycles. The van der Waals surface area contributed by atoms with Gasteiger partial charge in [0.1, 0.15) is 0 Å². The zero-order valence-electron chi connectivity index (χ0n) is 11.5. The number of rotatable bonds is 3. The molecular weight excluding hydrogens is 242 g/mol. The van der Waals surface area contributed by atoms with Crippen LogP contribution >= 0.6 is 11.6 Å². The maximum Gasteiger partial charge on any atom is 0.0438 e. The van der Waals surface area contributed by atoms with Crippen LogP contribution in [0.25, 0.3) is 0 Å². The molecule has 18 heavy (non-hydrogen) atoms. The highest BCUT2D eigenvalue weighted by Gasteiger charge is 2.28. The van der Waals surface area contributed by atoms with Crippen LogP contribution in [0.3, 0.4) is 0 Å². The molecule has 100 valence electrons. The maximum atomic E-state index is 6.31. The van der Waals surface area contributed by atoms with Gasteiger partial charge in [0.05, 0.1) is 0 Å². The van der Waals surface area contributed by atoms with Crippen molar-refractivity contribution in [1.82, 2.24) is 0 Å². The van der Waals surface area contributed by atoms with Crippen molar-refractivity contribution in [3.63, 3.8) is 0 Å². The zero-order valence-corrected chi connectivity index (χ0v) is 12.2. The first kappa shape index (κ1) is 13.9. The van der Waals surface area contributed by atoms with Crippen LogP contribution in [0.1, 0.15) is 56.1 Å². The summed E-state index contributed by atoms with van der Waals surface area (Å²) < 4.78 is 0. The monoisotopic (exact) mass is 265 g/mol. The standard InChI is InChI=1S/C16H24ClN/c1-3-4-12-6-8-16(18)14(9-12)13-7-5-11(2)15(17)10-13/h5,7,10,12,14,16H,3-4,6,8-9,18H2,1-2H3. The number of hydrogen-bond acceptors (Lipinski definition) is 1. The molecule has 1 aliphatic carbocycles. The van der Waals surface area contributed by atoms with Gasteiger partial charge in [-0.05, 0) is 55.2 Å². The van der Waals surface area contributed by atoms with Crippen molar-refractivity contribution in [2.45, 2.75) is 57.9 Å². The van der Waals surface area contributed by atoms with E-state index in [1.54, 1.807) is 0 Å². The molecule has 0 aromatic heterocycles. The first-order chi connectivity index (χ1) is 8.61. The molecule has 1 fully saturated rings. The molecule has 2 heteroatoms. The summed E-state index contributed by atoms with van der Waals surface area (Å²) in [6, 6.07) is 6.75. The fraction of sp³-hybridized carbons (Fsp3) is 0.625. The first-order valence-corrected chi connectivity index (χ1v) is 7.51. The van der Waals surface area contributed by atoms with Gasteiger partial charge >= 0.3 is 0 Å². The Bertz CT molecular complexity index is 402. The summed E-state index contributed by atoms with van der Waals surface area (Å²) >= 11 is 6.24. The molecule has 0 amide bonds. The molecule has 0 saturated heterocycles. The van der Waals surface area contributed by atoms with Crippen LogP contribution in [-0.2, 0) is 0 Å². The molecule has 3 atom stereocenters. The molecule has 0 heterocycles. The van der Waals surface area contributed by atoms with E-state index in [0.29, 0.717) is 12.0 Å². The molecule has 3 unspecified atom stereocenters. The largest absolute Gasteiger partial charge is 0.327 e. The number of benzene rings is 1. The van der Waals surface area contributed by atoms with Crippen LogP contribution in [0.5, 0.6) is 0 Å². The van der Waals surface area contributed by atoms with Crippen molar-refractivity contribution >= 4 is 11.6 Å². The van der Waals surface area contributed by atoms with Crippen LogP contribution in [0, 0.1) is 12.8 Å². The lowest BCUT2D eigenvalue weighted by atomic mass is 9.74. The highest BCUT2D eigenvalue weighted by atomic mass is 35.5. The van der Waals surface area contributed by atoms with Crippen LogP contribution in [0.2, 0.25) is 5.02 Å². The molecule has 2 N–H and O–H groups in total. The molecular formula is C16H24ClN. The Balaban J connectivity index is 2.16. The number of halogens is 1. The van der Waals surface area contributed by atoms with Gasteiger partial charge in [0.25, 0.3) is 0 Å². The van der Waals surface area contributed by atoms with Crippen molar-refractivity contribution in [2.75, 3.05) is 0 Å². The summed E-state index contributed by atoms with van der Waals surface area (Å²) in [4.78, 5) is 0. The number of aryl methyl sites for hydroxylation is 1. The van der Waals surface area contributed by atoms with Crippen LogP contribution in [-0.4, -0.2) is 6.04 Å². The Labute approximate surface area is 116 Å². The third-order valence-corrected chi connectivity index (χ3v) is 4.74. The third-order valence-electron chi connectivity index (χ3n) is 4.33. The van der Waals surface area contributed by atoms with E-state index >= 15 is 0 Å². The van der Waals surface area contributed by atoms with Crippen LogP contribution in [0.15, 0.2) is 18.2 Å². The molecule has 1 aromatic carbocycles. The van der Waals surface area contributed by atoms with Gasteiger partial charge in [-0.3, -0.25) is 0 Å². The van der Waals surface area contributed by atoms with Gasteiger partial charge in [0.15, 0.2) is 0 Å². The Hall–Kier alpha value is -0.530. The van der Waals surface area contributed by atoms with Gasteiger partial charge in [-0.2, -0.15) is 0 Å². The second kappa shape index (κ2) is 6.08. The predicted octanol–water partition coefficient (Wildman–Crippen LogP) is 4.66. The molecule has 1 nitrogen and oxygen atoms in total. The molecule has 1 saturated carbocycles. The van der Waals surface area contributed by atoms with Crippen molar-refractivity contribution < 1.29 is 0 Å². The number of nitrogens with two attached hydrogens (primary N) is 1. The summed E-state index contributed by atoms with van der Waals surface area (Å²) in [7, 11) is 0. The highest BCUT2D eigenvalue weighted by Crippen LogP contribution is 2.38. The van der Waals surface area contributed by atoms with Gasteiger partial charge in [0, 0.05) is 11.1 Å². The smallest absolute Gasteiger partial charge is 0.0438 e. The van der Waals surface area contributed by atoms with E-state index in [9.17, 15) is 0 Å². The topological polar surface area (TPSA) is 26.0 Å². The van der Waals surface area contributed by atoms with Gasteiger partial charge in [0.2, 0.25) is 0 Å². The normalized spacial score (nSPS) is 28.3. The van der Waals surface area contributed by atoms with E-state index in [-0.39, 0.29) is 0 Å². The Morgan fingerprint density at radius 3 is 2.78 bits per heavy atom. The van der Waals surface area contributed by atoms with Crippen molar-refractivity contribution in [3.8, 4) is 0 Å². The van der Waals surface area contributed by atoms with Gasteiger partial charge in [-0.15, -0.1) is 0 Å². The second-order valence-corrected chi connectivity index (χ2v) is 6.15. The van der Waals surface area contributed by atoms with E-state index < -0.39 is 0 Å². The van der Waals surface area contributed by atoms with E-state index in [2.05, 4.69) is 25.1 Å². The Morgan fingerprint density at radius 1 is 1.33 bits per heavy atom. The molecule has 0 bridgehead atoms. The Kier molecular flexibility index (Phi) is 4.69. The molecule has 0 radical (unpaired) electrons. The van der Waals surface area contributed by atoms with Gasteiger partial charge in [-0.25, -0.2) is 0 Å². The third kappa shape index (κ3) is 3.07. The number of hydrogen-bond donors (Lipinski definition) is 1. The van der Waals surface area contributed by atoms with Gasteiger partial charge < -0.3 is 5.73 Å². The zero-order chi connectivity index (χ0) is 13.1.